The highest BCUT2D eigenvalue weighted by atomic mass is 16.5. The molecular formula is C23H30N6O4. The number of nitrogens with one attached hydrogen (secondary N) is 2. The SMILES string of the molecule is CCNC(=O)Nc1ccc(-c2nc3c(c(N4CCOCC4C)n2)CCN(C(=O)O)CC3)cc1. The predicted molar refractivity (Wildman–Crippen MR) is 125 cm³/mol. The van der Waals surface area contributed by atoms with Gasteiger partial charge in [0, 0.05) is 49.4 Å². The Kier molecular flexibility index (Phi) is 6.93. The quantitative estimate of drug-likeness (QED) is 0.649. The molecule has 1 atom stereocenters. The second-order valence-corrected chi connectivity index (χ2v) is 8.24. The number of urea groups is 1. The van der Waals surface area contributed by atoms with Gasteiger partial charge in [-0.05, 0) is 44.5 Å². The second-order valence-electron chi connectivity index (χ2n) is 8.24. The molecule has 3 N–H and O–H groups in total. The van der Waals surface area contributed by atoms with Crippen molar-refractivity contribution in [1.29, 1.82) is 0 Å². The van der Waals surface area contributed by atoms with Gasteiger partial charge in [0.1, 0.15) is 5.82 Å². The molecule has 1 fully saturated rings. The first-order valence-electron chi connectivity index (χ1n) is 11.3. The molecule has 1 aromatic carbocycles. The lowest BCUT2D eigenvalue weighted by Gasteiger charge is -2.36. The van der Waals surface area contributed by atoms with Crippen LogP contribution >= 0.6 is 0 Å². The lowest BCUT2D eigenvalue weighted by molar-refractivity contribution is 0.0984. The van der Waals surface area contributed by atoms with Crippen LogP contribution in [0.2, 0.25) is 0 Å². The third kappa shape index (κ3) is 5.16. The predicted octanol–water partition coefficient (Wildman–Crippen LogP) is 2.59. The van der Waals surface area contributed by atoms with E-state index in [0.29, 0.717) is 57.2 Å². The number of morpholine rings is 1. The molecule has 0 saturated carbocycles. The molecule has 4 rings (SSSR count). The summed E-state index contributed by atoms with van der Waals surface area (Å²) in [5.41, 5.74) is 3.42. The molecule has 10 heteroatoms. The summed E-state index contributed by atoms with van der Waals surface area (Å²) in [4.78, 5) is 36.8. The van der Waals surface area contributed by atoms with Gasteiger partial charge in [-0.3, -0.25) is 0 Å². The second kappa shape index (κ2) is 10.0. The number of amides is 3. The molecule has 1 aromatic heterocycles. The summed E-state index contributed by atoms with van der Waals surface area (Å²) >= 11 is 0. The highest BCUT2D eigenvalue weighted by molar-refractivity contribution is 5.89. The van der Waals surface area contributed by atoms with Crippen molar-refractivity contribution < 1.29 is 19.4 Å². The van der Waals surface area contributed by atoms with E-state index in [4.69, 9.17) is 14.7 Å². The van der Waals surface area contributed by atoms with Crippen molar-refractivity contribution in [1.82, 2.24) is 20.2 Å². The number of nitrogens with zero attached hydrogens (tertiary/aromatic N) is 4. The van der Waals surface area contributed by atoms with E-state index in [1.54, 1.807) is 0 Å². The van der Waals surface area contributed by atoms with Gasteiger partial charge < -0.3 is 30.3 Å². The van der Waals surface area contributed by atoms with Crippen LogP contribution in [0.4, 0.5) is 21.1 Å². The van der Waals surface area contributed by atoms with E-state index in [9.17, 15) is 14.7 Å². The first kappa shape index (κ1) is 22.8. The summed E-state index contributed by atoms with van der Waals surface area (Å²) in [6.07, 6.45) is 0.212. The third-order valence-electron chi connectivity index (χ3n) is 5.97. The molecule has 3 amide bonds. The van der Waals surface area contributed by atoms with Gasteiger partial charge in [0.2, 0.25) is 0 Å². The molecule has 0 spiro atoms. The number of ether oxygens (including phenoxy) is 1. The Bertz CT molecular complexity index is 1010. The average molecular weight is 455 g/mol. The summed E-state index contributed by atoms with van der Waals surface area (Å²) in [5.74, 6) is 1.46. The van der Waals surface area contributed by atoms with E-state index in [0.717, 1.165) is 29.2 Å². The van der Waals surface area contributed by atoms with Crippen LogP contribution in [-0.4, -0.2) is 77.5 Å². The molecule has 2 aliphatic heterocycles. The van der Waals surface area contributed by atoms with Crippen LogP contribution in [0.5, 0.6) is 0 Å². The minimum Gasteiger partial charge on any atom is -0.465 e. The highest BCUT2D eigenvalue weighted by Crippen LogP contribution is 2.30. The van der Waals surface area contributed by atoms with Gasteiger partial charge in [0.15, 0.2) is 5.82 Å². The Morgan fingerprint density at radius 2 is 1.91 bits per heavy atom. The van der Waals surface area contributed by atoms with Crippen molar-refractivity contribution in [3.8, 4) is 11.4 Å². The molecule has 2 aromatic rings. The molecule has 33 heavy (non-hydrogen) atoms. The monoisotopic (exact) mass is 454 g/mol. The first-order chi connectivity index (χ1) is 16.0. The molecule has 0 bridgehead atoms. The maximum Gasteiger partial charge on any atom is 0.407 e. The number of carboxylic acid groups (broad SMARTS) is 1. The van der Waals surface area contributed by atoms with Crippen LogP contribution in [0, 0.1) is 0 Å². The Morgan fingerprint density at radius 3 is 2.61 bits per heavy atom. The van der Waals surface area contributed by atoms with E-state index in [1.807, 2.05) is 31.2 Å². The Morgan fingerprint density at radius 1 is 1.15 bits per heavy atom. The third-order valence-corrected chi connectivity index (χ3v) is 5.97. The van der Waals surface area contributed by atoms with Gasteiger partial charge in [-0.15, -0.1) is 0 Å². The van der Waals surface area contributed by atoms with Crippen LogP contribution in [0.1, 0.15) is 25.1 Å². The van der Waals surface area contributed by atoms with Crippen LogP contribution in [0.25, 0.3) is 11.4 Å². The van der Waals surface area contributed by atoms with Gasteiger partial charge in [-0.2, -0.15) is 0 Å². The lowest BCUT2D eigenvalue weighted by atomic mass is 10.1. The highest BCUT2D eigenvalue weighted by Gasteiger charge is 2.28. The molecule has 0 aliphatic carbocycles. The molecule has 10 nitrogen and oxygen atoms in total. The van der Waals surface area contributed by atoms with E-state index in [2.05, 4.69) is 22.5 Å². The molecule has 1 unspecified atom stereocenters. The first-order valence-corrected chi connectivity index (χ1v) is 11.3. The van der Waals surface area contributed by atoms with Crippen LogP contribution in [0.15, 0.2) is 24.3 Å². The maximum atomic E-state index is 11.8. The summed E-state index contributed by atoms with van der Waals surface area (Å²) < 4.78 is 5.62. The van der Waals surface area contributed by atoms with Crippen molar-refractivity contribution in [2.75, 3.05) is 49.6 Å². The Hall–Kier alpha value is -3.40. The standard InChI is InChI=1S/C23H30N6O4/c1-3-24-22(30)25-17-6-4-16(5-7-17)20-26-19-9-11-28(23(31)32)10-8-18(19)21(27-20)29-12-13-33-14-15(29)2/h4-7,15H,3,8-14H2,1-2H3,(H,31,32)(H2,24,25,30). The summed E-state index contributed by atoms with van der Waals surface area (Å²) in [6.45, 7) is 7.33. The number of carbonyl (C=O) groups is 2. The normalized spacial score (nSPS) is 18.3. The zero-order valence-corrected chi connectivity index (χ0v) is 19.0. The molecule has 0 radical (unpaired) electrons. The summed E-state index contributed by atoms with van der Waals surface area (Å²) in [7, 11) is 0. The van der Waals surface area contributed by atoms with Crippen molar-refractivity contribution in [3.63, 3.8) is 0 Å². The zero-order valence-electron chi connectivity index (χ0n) is 19.0. The smallest absolute Gasteiger partial charge is 0.407 e. The molecule has 3 heterocycles. The van der Waals surface area contributed by atoms with E-state index < -0.39 is 6.09 Å². The van der Waals surface area contributed by atoms with Crippen LogP contribution < -0.4 is 15.5 Å². The minimum absolute atomic E-state index is 0.160. The number of hydrogen-bond donors (Lipinski definition) is 3. The number of aromatic nitrogens is 2. The number of benzene rings is 1. The van der Waals surface area contributed by atoms with Crippen molar-refractivity contribution in [2.45, 2.75) is 32.7 Å². The molecule has 2 aliphatic rings. The van der Waals surface area contributed by atoms with Crippen molar-refractivity contribution in [2.24, 2.45) is 0 Å². The van der Waals surface area contributed by atoms with Gasteiger partial charge in [-0.25, -0.2) is 19.6 Å². The lowest BCUT2D eigenvalue weighted by Crippen LogP contribution is -2.45. The summed E-state index contributed by atoms with van der Waals surface area (Å²) in [6, 6.07) is 7.32. The number of carbonyl (C=O) groups excluding carboxylic acids is 1. The van der Waals surface area contributed by atoms with Gasteiger partial charge in [0.05, 0.1) is 24.9 Å². The average Bonchev–Trinajstić information content (AvgIpc) is 3.02. The fourth-order valence-electron chi connectivity index (χ4n) is 4.22. The van der Waals surface area contributed by atoms with Gasteiger partial charge in [0.25, 0.3) is 0 Å². The number of hydrogen-bond acceptors (Lipinski definition) is 6. The maximum absolute atomic E-state index is 11.8. The minimum atomic E-state index is -0.910. The van der Waals surface area contributed by atoms with E-state index in [1.165, 1.54) is 4.90 Å². The summed E-state index contributed by atoms with van der Waals surface area (Å²) in [5, 5.41) is 15.0. The fraction of sp³-hybridized carbons (Fsp3) is 0.478. The zero-order chi connectivity index (χ0) is 23.4. The number of anilines is 2. The largest absolute Gasteiger partial charge is 0.465 e. The van der Waals surface area contributed by atoms with Gasteiger partial charge >= 0.3 is 12.1 Å². The van der Waals surface area contributed by atoms with Crippen molar-refractivity contribution in [3.05, 3.63) is 35.5 Å². The van der Waals surface area contributed by atoms with Crippen LogP contribution in [0.3, 0.4) is 0 Å². The molecule has 176 valence electrons. The van der Waals surface area contributed by atoms with Crippen LogP contribution in [-0.2, 0) is 17.6 Å². The number of fused-ring (bicyclic) bond motifs is 1. The van der Waals surface area contributed by atoms with Gasteiger partial charge in [-0.1, -0.05) is 0 Å². The molecular weight excluding hydrogens is 424 g/mol. The Balaban J connectivity index is 1.68. The van der Waals surface area contributed by atoms with Crippen molar-refractivity contribution >= 4 is 23.6 Å². The molecule has 1 saturated heterocycles. The fourth-order valence-corrected chi connectivity index (χ4v) is 4.22. The Labute approximate surface area is 193 Å². The van der Waals surface area contributed by atoms with E-state index >= 15 is 0 Å². The van der Waals surface area contributed by atoms with E-state index in [-0.39, 0.29) is 12.1 Å². The number of rotatable bonds is 4. The topological polar surface area (TPSA) is 120 Å².